The van der Waals surface area contributed by atoms with Gasteiger partial charge in [-0.25, -0.2) is 17.5 Å². The summed E-state index contributed by atoms with van der Waals surface area (Å²) in [5, 5.41) is 0. The second kappa shape index (κ2) is 7.35. The molecule has 1 aromatic rings. The van der Waals surface area contributed by atoms with Crippen LogP contribution in [-0.4, -0.2) is 27.2 Å². The molecule has 1 atom stereocenters. The summed E-state index contributed by atoms with van der Waals surface area (Å²) < 4.78 is 43.3. The molecule has 0 aromatic heterocycles. The smallest absolute Gasteiger partial charge is 0.305 e. The van der Waals surface area contributed by atoms with E-state index in [2.05, 4.69) is 9.46 Å². The lowest BCUT2D eigenvalue weighted by molar-refractivity contribution is -0.140. The Kier molecular flexibility index (Phi) is 6.09. The molecule has 7 heteroatoms. The standard InChI is InChI=1S/C13H18FNO4S/c1-10(11-5-7-12(14)8-6-11)15-20(17,18)9-3-4-13(16)19-2/h5-8,10,15H,3-4,9H2,1-2H3/t10-/m1/s1. The summed E-state index contributed by atoms with van der Waals surface area (Å²) in [6.45, 7) is 1.67. The Labute approximate surface area is 118 Å². The van der Waals surface area contributed by atoms with E-state index >= 15 is 0 Å². The summed E-state index contributed by atoms with van der Waals surface area (Å²) in [6.07, 6.45) is 0.250. The lowest BCUT2D eigenvalue weighted by Crippen LogP contribution is -2.29. The van der Waals surface area contributed by atoms with Crippen molar-refractivity contribution in [2.45, 2.75) is 25.8 Å². The molecule has 20 heavy (non-hydrogen) atoms. The molecule has 0 aliphatic carbocycles. The Balaban J connectivity index is 2.53. The molecular weight excluding hydrogens is 285 g/mol. The molecule has 0 amide bonds. The molecule has 0 radical (unpaired) electrons. The largest absolute Gasteiger partial charge is 0.469 e. The molecule has 112 valence electrons. The van der Waals surface area contributed by atoms with Crippen molar-refractivity contribution in [3.8, 4) is 0 Å². The molecule has 0 fully saturated rings. The predicted octanol–water partition coefficient (Wildman–Crippen LogP) is 1.76. The molecule has 0 heterocycles. The number of esters is 1. The number of nitrogens with one attached hydrogen (secondary N) is 1. The van der Waals surface area contributed by atoms with Crippen molar-refractivity contribution in [2.75, 3.05) is 12.9 Å². The van der Waals surface area contributed by atoms with E-state index in [-0.39, 0.29) is 24.4 Å². The Hall–Kier alpha value is -1.47. The maximum absolute atomic E-state index is 12.8. The van der Waals surface area contributed by atoms with E-state index in [4.69, 9.17) is 0 Å². The van der Waals surface area contributed by atoms with Gasteiger partial charge in [-0.3, -0.25) is 4.79 Å². The number of carbonyl (C=O) groups is 1. The summed E-state index contributed by atoms with van der Waals surface area (Å²) in [5.74, 6) is -0.971. The highest BCUT2D eigenvalue weighted by atomic mass is 32.2. The first kappa shape index (κ1) is 16.6. The molecule has 0 aliphatic heterocycles. The molecular formula is C13H18FNO4S. The van der Waals surface area contributed by atoms with Gasteiger partial charge in [-0.1, -0.05) is 12.1 Å². The average molecular weight is 303 g/mol. The number of benzene rings is 1. The Morgan fingerprint density at radius 1 is 1.35 bits per heavy atom. The lowest BCUT2D eigenvalue weighted by Gasteiger charge is -2.14. The number of ether oxygens (including phenoxy) is 1. The zero-order chi connectivity index (χ0) is 15.2. The van der Waals surface area contributed by atoms with Crippen LogP contribution in [0, 0.1) is 5.82 Å². The van der Waals surface area contributed by atoms with Crippen molar-refractivity contribution in [3.05, 3.63) is 35.6 Å². The van der Waals surface area contributed by atoms with Crippen LogP contribution in [0.2, 0.25) is 0 Å². The van der Waals surface area contributed by atoms with Crippen LogP contribution in [0.1, 0.15) is 31.4 Å². The predicted molar refractivity (Wildman–Crippen MR) is 73.0 cm³/mol. The molecule has 0 spiro atoms. The van der Waals surface area contributed by atoms with Gasteiger partial charge in [0.1, 0.15) is 5.82 Å². The van der Waals surface area contributed by atoms with Crippen molar-refractivity contribution in [1.82, 2.24) is 4.72 Å². The molecule has 1 aromatic carbocycles. The minimum atomic E-state index is -3.49. The van der Waals surface area contributed by atoms with Gasteiger partial charge in [0.05, 0.1) is 12.9 Å². The van der Waals surface area contributed by atoms with Gasteiger partial charge in [-0.15, -0.1) is 0 Å². The van der Waals surface area contributed by atoms with Crippen LogP contribution < -0.4 is 4.72 Å². The van der Waals surface area contributed by atoms with Crippen molar-refractivity contribution in [3.63, 3.8) is 0 Å². The summed E-state index contributed by atoms with van der Waals surface area (Å²) >= 11 is 0. The van der Waals surface area contributed by atoms with E-state index < -0.39 is 22.0 Å². The number of sulfonamides is 1. The molecule has 1 rings (SSSR count). The highest BCUT2D eigenvalue weighted by Crippen LogP contribution is 2.14. The minimum absolute atomic E-state index is 0.0579. The van der Waals surface area contributed by atoms with Crippen molar-refractivity contribution < 1.29 is 22.3 Å². The average Bonchev–Trinajstić information content (AvgIpc) is 2.38. The number of rotatable bonds is 7. The van der Waals surface area contributed by atoms with Gasteiger partial charge in [-0.2, -0.15) is 0 Å². The molecule has 5 nitrogen and oxygen atoms in total. The number of hydrogen-bond donors (Lipinski definition) is 1. The maximum Gasteiger partial charge on any atom is 0.305 e. The lowest BCUT2D eigenvalue weighted by atomic mass is 10.1. The van der Waals surface area contributed by atoms with E-state index in [1.807, 2.05) is 0 Å². The molecule has 0 unspecified atom stereocenters. The zero-order valence-corrected chi connectivity index (χ0v) is 12.2. The fraction of sp³-hybridized carbons (Fsp3) is 0.462. The van der Waals surface area contributed by atoms with E-state index in [0.717, 1.165) is 0 Å². The monoisotopic (exact) mass is 303 g/mol. The molecule has 0 saturated heterocycles. The summed E-state index contributed by atoms with van der Waals surface area (Å²) in [6, 6.07) is 5.14. The molecule has 0 bridgehead atoms. The number of carbonyl (C=O) groups excluding carboxylic acids is 1. The van der Waals surface area contributed by atoms with Crippen molar-refractivity contribution >= 4 is 16.0 Å². The first-order valence-electron chi connectivity index (χ1n) is 6.16. The number of methoxy groups -OCH3 is 1. The van der Waals surface area contributed by atoms with E-state index in [0.29, 0.717) is 5.56 Å². The van der Waals surface area contributed by atoms with Gasteiger partial charge in [0.15, 0.2) is 0 Å². The van der Waals surface area contributed by atoms with E-state index in [9.17, 15) is 17.6 Å². The second-order valence-electron chi connectivity index (χ2n) is 4.39. The first-order valence-corrected chi connectivity index (χ1v) is 7.81. The molecule has 0 aliphatic rings. The van der Waals surface area contributed by atoms with Crippen LogP contribution in [0.3, 0.4) is 0 Å². The second-order valence-corrected chi connectivity index (χ2v) is 6.26. The Bertz CT molecular complexity index is 542. The SMILES string of the molecule is COC(=O)CCCS(=O)(=O)N[C@H](C)c1ccc(F)cc1. The summed E-state index contributed by atoms with van der Waals surface area (Å²) in [7, 11) is -2.24. The van der Waals surface area contributed by atoms with Crippen LogP contribution in [0.15, 0.2) is 24.3 Å². The van der Waals surface area contributed by atoms with Gasteiger partial charge in [-0.05, 0) is 31.0 Å². The van der Waals surface area contributed by atoms with E-state index in [1.165, 1.54) is 31.4 Å². The fourth-order valence-electron chi connectivity index (χ4n) is 1.66. The van der Waals surface area contributed by atoms with Gasteiger partial charge in [0.25, 0.3) is 0 Å². The number of hydrogen-bond acceptors (Lipinski definition) is 4. The van der Waals surface area contributed by atoms with Crippen molar-refractivity contribution in [2.24, 2.45) is 0 Å². The van der Waals surface area contributed by atoms with Crippen LogP contribution in [0.4, 0.5) is 4.39 Å². The maximum atomic E-state index is 12.8. The highest BCUT2D eigenvalue weighted by molar-refractivity contribution is 7.89. The van der Waals surface area contributed by atoms with Crippen LogP contribution in [0.5, 0.6) is 0 Å². The summed E-state index contributed by atoms with van der Waals surface area (Å²) in [5.41, 5.74) is 0.669. The minimum Gasteiger partial charge on any atom is -0.469 e. The van der Waals surface area contributed by atoms with Gasteiger partial charge >= 0.3 is 5.97 Å². The van der Waals surface area contributed by atoms with Gasteiger partial charge in [0.2, 0.25) is 10.0 Å². The molecule has 1 N–H and O–H groups in total. The van der Waals surface area contributed by atoms with Gasteiger partial charge < -0.3 is 4.74 Å². The third kappa shape index (κ3) is 5.66. The third-order valence-corrected chi connectivity index (χ3v) is 4.29. The van der Waals surface area contributed by atoms with E-state index in [1.54, 1.807) is 6.92 Å². The normalized spacial score (nSPS) is 12.9. The quantitative estimate of drug-likeness (QED) is 0.779. The van der Waals surface area contributed by atoms with Gasteiger partial charge in [0, 0.05) is 12.5 Å². The van der Waals surface area contributed by atoms with Crippen molar-refractivity contribution in [1.29, 1.82) is 0 Å². The highest BCUT2D eigenvalue weighted by Gasteiger charge is 2.16. The van der Waals surface area contributed by atoms with Crippen LogP contribution in [-0.2, 0) is 19.6 Å². The van der Waals surface area contributed by atoms with Crippen LogP contribution in [0.25, 0.3) is 0 Å². The Morgan fingerprint density at radius 2 is 1.95 bits per heavy atom. The van der Waals surface area contributed by atoms with Crippen LogP contribution >= 0.6 is 0 Å². The number of halogens is 1. The topological polar surface area (TPSA) is 72.5 Å². The zero-order valence-electron chi connectivity index (χ0n) is 11.4. The summed E-state index contributed by atoms with van der Waals surface area (Å²) in [4.78, 5) is 10.9. The molecule has 0 saturated carbocycles. The Morgan fingerprint density at radius 3 is 2.50 bits per heavy atom. The third-order valence-electron chi connectivity index (χ3n) is 2.75. The fourth-order valence-corrected chi connectivity index (χ4v) is 2.97. The first-order chi connectivity index (χ1) is 9.34.